The minimum atomic E-state index is -0.895. The number of hydrogen-bond acceptors (Lipinski definition) is 3. The molecule has 1 amide bonds. The first kappa shape index (κ1) is 12.3. The van der Waals surface area contributed by atoms with Gasteiger partial charge in [-0.1, -0.05) is 0 Å². The maximum absolute atomic E-state index is 11.2. The molecule has 1 aliphatic heterocycles. The van der Waals surface area contributed by atoms with Gasteiger partial charge >= 0.3 is 6.09 Å². The molecular formula is C10H20N2O3. The van der Waals surface area contributed by atoms with Gasteiger partial charge in [0.2, 0.25) is 0 Å². The van der Waals surface area contributed by atoms with Gasteiger partial charge in [-0.2, -0.15) is 0 Å². The Kier molecular flexibility index (Phi) is 3.57. The van der Waals surface area contributed by atoms with Crippen LogP contribution in [0.3, 0.4) is 0 Å². The molecule has 1 heterocycles. The van der Waals surface area contributed by atoms with Gasteiger partial charge in [0, 0.05) is 24.2 Å². The highest BCUT2D eigenvalue weighted by Crippen LogP contribution is 2.22. The second-order valence-electron chi connectivity index (χ2n) is 5.00. The van der Waals surface area contributed by atoms with Crippen LogP contribution in [0, 0.1) is 0 Å². The molecule has 2 atom stereocenters. The molecule has 1 fully saturated rings. The number of amides is 1. The minimum absolute atomic E-state index is 0.0270. The Labute approximate surface area is 90.1 Å². The Morgan fingerprint density at radius 3 is 2.47 bits per heavy atom. The summed E-state index contributed by atoms with van der Waals surface area (Å²) in [5, 5.41) is 21.3. The number of carboxylic acid groups (broad SMARTS) is 1. The normalized spacial score (nSPS) is 26.7. The lowest BCUT2D eigenvalue weighted by molar-refractivity contribution is 0.0743. The quantitative estimate of drug-likeness (QED) is 0.628. The third-order valence-electron chi connectivity index (χ3n) is 2.71. The van der Waals surface area contributed by atoms with Crippen molar-refractivity contribution in [3.05, 3.63) is 0 Å². The lowest BCUT2D eigenvalue weighted by Crippen LogP contribution is -2.51. The predicted molar refractivity (Wildman–Crippen MR) is 56.9 cm³/mol. The molecule has 0 unspecified atom stereocenters. The Morgan fingerprint density at radius 1 is 1.53 bits per heavy atom. The molecule has 0 bridgehead atoms. The molecular weight excluding hydrogens is 196 g/mol. The Morgan fingerprint density at radius 2 is 2.13 bits per heavy atom. The van der Waals surface area contributed by atoms with Gasteiger partial charge in [-0.3, -0.25) is 4.90 Å². The largest absolute Gasteiger partial charge is 0.465 e. The maximum atomic E-state index is 11.2. The zero-order valence-corrected chi connectivity index (χ0v) is 9.53. The van der Waals surface area contributed by atoms with Crippen molar-refractivity contribution in [1.82, 2.24) is 10.2 Å². The molecule has 5 heteroatoms. The standard InChI is InChI=1S/C10H20N2O3/c1-10(2,3)12(9(14)15)8-4-7(6-13)11-5-8/h7-8,11,13H,4-6H2,1-3H3,(H,14,15)/t7-,8-/m1/s1. The highest BCUT2D eigenvalue weighted by molar-refractivity contribution is 5.66. The first-order valence-corrected chi connectivity index (χ1v) is 5.22. The molecule has 0 radical (unpaired) electrons. The number of aliphatic hydroxyl groups excluding tert-OH is 1. The van der Waals surface area contributed by atoms with Crippen LogP contribution in [0.4, 0.5) is 4.79 Å². The van der Waals surface area contributed by atoms with Crippen LogP contribution in [0.15, 0.2) is 0 Å². The maximum Gasteiger partial charge on any atom is 0.408 e. The van der Waals surface area contributed by atoms with Crippen LogP contribution in [0.2, 0.25) is 0 Å². The van der Waals surface area contributed by atoms with Crippen molar-refractivity contribution in [1.29, 1.82) is 0 Å². The minimum Gasteiger partial charge on any atom is -0.465 e. The van der Waals surface area contributed by atoms with Gasteiger partial charge in [0.15, 0.2) is 0 Å². The van der Waals surface area contributed by atoms with E-state index < -0.39 is 11.6 Å². The number of nitrogens with zero attached hydrogens (tertiary/aromatic N) is 1. The monoisotopic (exact) mass is 216 g/mol. The predicted octanol–water partition coefficient (Wildman–Crippen LogP) is 0.488. The molecule has 0 aromatic carbocycles. The smallest absolute Gasteiger partial charge is 0.408 e. The zero-order valence-electron chi connectivity index (χ0n) is 9.53. The van der Waals surface area contributed by atoms with Crippen molar-refractivity contribution in [2.24, 2.45) is 0 Å². The van der Waals surface area contributed by atoms with Crippen LogP contribution in [-0.2, 0) is 0 Å². The summed E-state index contributed by atoms with van der Waals surface area (Å²) in [6, 6.07) is -0.0150. The lowest BCUT2D eigenvalue weighted by Gasteiger charge is -2.37. The SMILES string of the molecule is CC(C)(C)N(C(=O)O)[C@H]1CN[C@@H](CO)C1. The third kappa shape index (κ3) is 2.82. The molecule has 0 aromatic heterocycles. The molecule has 1 saturated heterocycles. The van der Waals surface area contributed by atoms with Gasteiger partial charge in [0.05, 0.1) is 6.61 Å². The average Bonchev–Trinajstić information content (AvgIpc) is 2.49. The summed E-state index contributed by atoms with van der Waals surface area (Å²) in [7, 11) is 0. The van der Waals surface area contributed by atoms with Crippen molar-refractivity contribution in [2.75, 3.05) is 13.2 Å². The highest BCUT2D eigenvalue weighted by Gasteiger charge is 2.37. The van der Waals surface area contributed by atoms with E-state index in [2.05, 4.69) is 5.32 Å². The molecule has 15 heavy (non-hydrogen) atoms. The van der Waals surface area contributed by atoms with Gasteiger partial charge in [-0.25, -0.2) is 4.79 Å². The van der Waals surface area contributed by atoms with E-state index in [-0.39, 0.29) is 18.7 Å². The lowest BCUT2D eigenvalue weighted by atomic mass is 10.0. The fourth-order valence-corrected chi connectivity index (χ4v) is 2.12. The van der Waals surface area contributed by atoms with E-state index in [4.69, 9.17) is 10.2 Å². The van der Waals surface area contributed by atoms with E-state index in [9.17, 15) is 4.79 Å². The van der Waals surface area contributed by atoms with Crippen molar-refractivity contribution in [3.63, 3.8) is 0 Å². The molecule has 0 aromatic rings. The Bertz CT molecular complexity index is 237. The molecule has 0 aliphatic carbocycles. The molecule has 3 N–H and O–H groups in total. The zero-order chi connectivity index (χ0) is 11.6. The number of rotatable bonds is 2. The summed E-state index contributed by atoms with van der Waals surface area (Å²) in [6.45, 7) is 6.33. The first-order valence-electron chi connectivity index (χ1n) is 5.22. The van der Waals surface area contributed by atoms with Gasteiger partial charge in [0.1, 0.15) is 0 Å². The fraction of sp³-hybridized carbons (Fsp3) is 0.900. The fourth-order valence-electron chi connectivity index (χ4n) is 2.12. The van der Waals surface area contributed by atoms with E-state index in [1.165, 1.54) is 4.90 Å². The highest BCUT2D eigenvalue weighted by atomic mass is 16.4. The molecule has 1 aliphatic rings. The first-order chi connectivity index (χ1) is 6.86. The molecule has 0 spiro atoms. The summed E-state index contributed by atoms with van der Waals surface area (Å²) in [5.41, 5.74) is -0.400. The number of hydrogen-bond donors (Lipinski definition) is 3. The average molecular weight is 216 g/mol. The van der Waals surface area contributed by atoms with Crippen LogP contribution in [0.5, 0.6) is 0 Å². The van der Waals surface area contributed by atoms with E-state index in [0.717, 1.165) is 0 Å². The summed E-state index contributed by atoms with van der Waals surface area (Å²) in [6.07, 6.45) is -0.215. The summed E-state index contributed by atoms with van der Waals surface area (Å²) < 4.78 is 0. The number of carbonyl (C=O) groups is 1. The van der Waals surface area contributed by atoms with Crippen LogP contribution >= 0.6 is 0 Å². The number of aliphatic hydroxyl groups is 1. The van der Waals surface area contributed by atoms with Crippen molar-refractivity contribution in [3.8, 4) is 0 Å². The Hall–Kier alpha value is -0.810. The van der Waals surface area contributed by atoms with Gasteiger partial charge < -0.3 is 15.5 Å². The summed E-state index contributed by atoms with van der Waals surface area (Å²) >= 11 is 0. The van der Waals surface area contributed by atoms with E-state index in [0.29, 0.717) is 13.0 Å². The van der Waals surface area contributed by atoms with Gasteiger partial charge in [-0.15, -0.1) is 0 Å². The Balaban J connectivity index is 2.71. The van der Waals surface area contributed by atoms with Crippen molar-refractivity contribution in [2.45, 2.75) is 44.8 Å². The molecule has 0 saturated carbocycles. The van der Waals surface area contributed by atoms with Gasteiger partial charge in [-0.05, 0) is 27.2 Å². The van der Waals surface area contributed by atoms with E-state index in [1.807, 2.05) is 20.8 Å². The second-order valence-corrected chi connectivity index (χ2v) is 5.00. The van der Waals surface area contributed by atoms with Crippen LogP contribution in [0.1, 0.15) is 27.2 Å². The van der Waals surface area contributed by atoms with Crippen molar-refractivity contribution < 1.29 is 15.0 Å². The van der Waals surface area contributed by atoms with Crippen LogP contribution < -0.4 is 5.32 Å². The molecule has 1 rings (SSSR count). The van der Waals surface area contributed by atoms with Gasteiger partial charge in [0.25, 0.3) is 0 Å². The van der Waals surface area contributed by atoms with Crippen molar-refractivity contribution >= 4 is 6.09 Å². The van der Waals surface area contributed by atoms with E-state index in [1.54, 1.807) is 0 Å². The third-order valence-corrected chi connectivity index (χ3v) is 2.71. The second kappa shape index (κ2) is 4.37. The van der Waals surface area contributed by atoms with Crippen LogP contribution in [-0.4, -0.2) is 52.0 Å². The topological polar surface area (TPSA) is 72.8 Å². The molecule has 5 nitrogen and oxygen atoms in total. The molecule has 88 valence electrons. The van der Waals surface area contributed by atoms with Crippen LogP contribution in [0.25, 0.3) is 0 Å². The summed E-state index contributed by atoms with van der Waals surface area (Å²) in [4.78, 5) is 12.6. The number of nitrogens with one attached hydrogen (secondary N) is 1. The van der Waals surface area contributed by atoms with E-state index >= 15 is 0 Å². The summed E-state index contributed by atoms with van der Waals surface area (Å²) in [5.74, 6) is 0.